The molecule has 1 aliphatic heterocycles. The molecule has 33 heavy (non-hydrogen) atoms. The topological polar surface area (TPSA) is 58.6 Å². The molecule has 0 aliphatic carbocycles. The van der Waals surface area contributed by atoms with Crippen LogP contribution in [0.4, 0.5) is 9.18 Å². The van der Waals surface area contributed by atoms with Gasteiger partial charge in [-0.25, -0.2) is 9.18 Å². The van der Waals surface area contributed by atoms with Gasteiger partial charge < -0.3 is 10.1 Å². The number of halogens is 3. The molecule has 0 radical (unpaired) electrons. The number of urea groups is 1. The van der Waals surface area contributed by atoms with Gasteiger partial charge in [-0.05, 0) is 87.5 Å². The van der Waals surface area contributed by atoms with E-state index in [4.69, 9.17) is 4.74 Å². The normalized spacial score (nSPS) is 14.7. The monoisotopic (exact) mass is 668 g/mol. The minimum absolute atomic E-state index is 0.113. The Bertz CT molecular complexity index is 1250. The number of hydrogen-bond donors (Lipinski definition) is 1. The summed E-state index contributed by atoms with van der Waals surface area (Å²) in [6, 6.07) is 17.5. The third kappa shape index (κ3) is 5.55. The predicted octanol–water partition coefficient (Wildman–Crippen LogP) is 6.02. The van der Waals surface area contributed by atoms with Crippen LogP contribution in [-0.2, 0) is 17.9 Å². The van der Waals surface area contributed by atoms with Gasteiger partial charge >= 0.3 is 6.03 Å². The number of carbonyl (C=O) groups is 2. The fourth-order valence-electron chi connectivity index (χ4n) is 3.44. The highest BCUT2D eigenvalue weighted by atomic mass is 127. The number of ether oxygens (including phenoxy) is 1. The van der Waals surface area contributed by atoms with E-state index < -0.39 is 6.03 Å². The number of rotatable bonds is 6. The number of aryl methyl sites for hydroxylation is 1. The van der Waals surface area contributed by atoms with Crippen molar-refractivity contribution in [3.05, 3.63) is 102 Å². The molecule has 0 saturated carbocycles. The molecule has 0 atom stereocenters. The minimum atomic E-state index is -0.443. The van der Waals surface area contributed by atoms with E-state index in [1.54, 1.807) is 24.3 Å². The molecule has 168 valence electrons. The summed E-state index contributed by atoms with van der Waals surface area (Å²) in [6.07, 6.45) is 1.65. The van der Waals surface area contributed by atoms with Crippen LogP contribution in [0.15, 0.2) is 66.4 Å². The SMILES string of the molecule is Cc1cccc(CN2C(=O)N/C(=C/c3cc(I)c(OCc4ccccc4F)c(I)c3)C2=O)c1. The van der Waals surface area contributed by atoms with Crippen molar-refractivity contribution >= 4 is 63.2 Å². The molecule has 0 unspecified atom stereocenters. The highest BCUT2D eigenvalue weighted by molar-refractivity contribution is 14.1. The highest BCUT2D eigenvalue weighted by Crippen LogP contribution is 2.31. The second kappa shape index (κ2) is 10.2. The van der Waals surface area contributed by atoms with Crippen molar-refractivity contribution in [3.8, 4) is 5.75 Å². The van der Waals surface area contributed by atoms with Gasteiger partial charge in [0.05, 0.1) is 13.7 Å². The van der Waals surface area contributed by atoms with E-state index in [0.717, 1.165) is 23.8 Å². The summed E-state index contributed by atoms with van der Waals surface area (Å²) < 4.78 is 21.4. The van der Waals surface area contributed by atoms with Crippen molar-refractivity contribution in [2.45, 2.75) is 20.1 Å². The molecule has 3 aromatic rings. The van der Waals surface area contributed by atoms with Crippen molar-refractivity contribution in [1.82, 2.24) is 10.2 Å². The van der Waals surface area contributed by atoms with Crippen molar-refractivity contribution in [2.24, 2.45) is 0 Å². The van der Waals surface area contributed by atoms with Crippen LogP contribution >= 0.6 is 45.2 Å². The molecule has 1 fully saturated rings. The zero-order valence-corrected chi connectivity index (χ0v) is 21.9. The van der Waals surface area contributed by atoms with Crippen LogP contribution in [0.5, 0.6) is 5.75 Å². The smallest absolute Gasteiger partial charge is 0.329 e. The van der Waals surface area contributed by atoms with Crippen LogP contribution in [0, 0.1) is 19.9 Å². The Hall–Kier alpha value is -2.47. The summed E-state index contributed by atoms with van der Waals surface area (Å²) >= 11 is 4.29. The first-order valence-corrected chi connectivity index (χ1v) is 12.2. The maximum absolute atomic E-state index is 13.9. The molecule has 0 spiro atoms. The van der Waals surface area contributed by atoms with E-state index in [0.29, 0.717) is 11.3 Å². The molecule has 3 amide bonds. The molecule has 0 bridgehead atoms. The van der Waals surface area contributed by atoms with Crippen LogP contribution in [0.2, 0.25) is 0 Å². The largest absolute Gasteiger partial charge is 0.487 e. The number of benzene rings is 3. The molecule has 1 aliphatic rings. The third-order valence-corrected chi connectivity index (χ3v) is 6.65. The lowest BCUT2D eigenvalue weighted by Crippen LogP contribution is -2.30. The molecule has 1 heterocycles. The number of nitrogens with zero attached hydrogens (tertiary/aromatic N) is 1. The first-order chi connectivity index (χ1) is 15.8. The lowest BCUT2D eigenvalue weighted by Gasteiger charge is -2.12. The standard InChI is InChI=1S/C25H19FI2N2O3/c1-15-5-4-6-16(9-15)13-30-24(31)22(29-25(30)32)12-17-10-20(27)23(21(28)11-17)33-14-18-7-2-3-8-19(18)26/h2-12H,13-14H2,1H3,(H,29,32)/b22-12+. The lowest BCUT2D eigenvalue weighted by atomic mass is 10.1. The van der Waals surface area contributed by atoms with Gasteiger partial charge in [0.15, 0.2) is 0 Å². The zero-order chi connectivity index (χ0) is 23.5. The Morgan fingerprint density at radius 3 is 2.45 bits per heavy atom. The van der Waals surface area contributed by atoms with Gasteiger partial charge in [0, 0.05) is 5.56 Å². The summed E-state index contributed by atoms with van der Waals surface area (Å²) in [5.74, 6) is -0.0366. The number of imide groups is 1. The van der Waals surface area contributed by atoms with Crippen molar-refractivity contribution in [1.29, 1.82) is 0 Å². The summed E-state index contributed by atoms with van der Waals surface area (Å²) in [5, 5.41) is 2.66. The van der Waals surface area contributed by atoms with Gasteiger partial charge in [-0.1, -0.05) is 48.0 Å². The first kappa shape index (κ1) is 23.7. The van der Waals surface area contributed by atoms with E-state index in [2.05, 4.69) is 50.5 Å². The van der Waals surface area contributed by atoms with Gasteiger partial charge in [0.25, 0.3) is 5.91 Å². The highest BCUT2D eigenvalue weighted by Gasteiger charge is 2.33. The second-order valence-electron chi connectivity index (χ2n) is 7.56. The Morgan fingerprint density at radius 1 is 1.03 bits per heavy atom. The van der Waals surface area contributed by atoms with Gasteiger partial charge in [-0.2, -0.15) is 0 Å². The fraction of sp³-hybridized carbons (Fsp3) is 0.120. The third-order valence-electron chi connectivity index (χ3n) is 5.05. The fourth-order valence-corrected chi connectivity index (χ4v) is 5.57. The molecule has 3 aromatic carbocycles. The summed E-state index contributed by atoms with van der Waals surface area (Å²) in [7, 11) is 0. The van der Waals surface area contributed by atoms with E-state index in [1.807, 2.05) is 43.3 Å². The van der Waals surface area contributed by atoms with Crippen LogP contribution in [0.25, 0.3) is 6.08 Å². The lowest BCUT2D eigenvalue weighted by molar-refractivity contribution is -0.123. The molecule has 4 rings (SSSR count). The molecule has 0 aromatic heterocycles. The summed E-state index contributed by atoms with van der Waals surface area (Å²) in [5.41, 5.74) is 3.41. The molecule has 5 nitrogen and oxygen atoms in total. The number of carbonyl (C=O) groups excluding carboxylic acids is 2. The average molecular weight is 668 g/mol. The van der Waals surface area contributed by atoms with Gasteiger partial charge in [-0.3, -0.25) is 9.69 Å². The number of hydrogen-bond acceptors (Lipinski definition) is 3. The number of nitrogens with one attached hydrogen (secondary N) is 1. The Kier molecular flexibility index (Phi) is 7.32. The quantitative estimate of drug-likeness (QED) is 0.199. The van der Waals surface area contributed by atoms with Crippen LogP contribution in [0.1, 0.15) is 22.3 Å². The second-order valence-corrected chi connectivity index (χ2v) is 9.89. The van der Waals surface area contributed by atoms with E-state index in [1.165, 1.54) is 11.0 Å². The molecule has 8 heteroatoms. The first-order valence-electron chi connectivity index (χ1n) is 10.1. The summed E-state index contributed by atoms with van der Waals surface area (Å²) in [4.78, 5) is 26.5. The molecular formula is C25H19FI2N2O3. The molecular weight excluding hydrogens is 649 g/mol. The maximum atomic E-state index is 13.9. The molecule has 1 saturated heterocycles. The minimum Gasteiger partial charge on any atom is -0.487 e. The number of amides is 3. The molecule has 1 N–H and O–H groups in total. The summed E-state index contributed by atoms with van der Waals surface area (Å²) in [6.45, 7) is 2.29. The van der Waals surface area contributed by atoms with Crippen LogP contribution in [-0.4, -0.2) is 16.8 Å². The van der Waals surface area contributed by atoms with Crippen molar-refractivity contribution < 1.29 is 18.7 Å². The Morgan fingerprint density at radius 2 is 1.76 bits per heavy atom. The van der Waals surface area contributed by atoms with E-state index in [9.17, 15) is 14.0 Å². The van der Waals surface area contributed by atoms with E-state index in [-0.39, 0.29) is 30.6 Å². The van der Waals surface area contributed by atoms with Crippen LogP contribution in [0.3, 0.4) is 0 Å². The Balaban J connectivity index is 1.51. The van der Waals surface area contributed by atoms with E-state index >= 15 is 0 Å². The van der Waals surface area contributed by atoms with Gasteiger partial charge in [-0.15, -0.1) is 0 Å². The van der Waals surface area contributed by atoms with Crippen molar-refractivity contribution in [2.75, 3.05) is 0 Å². The average Bonchev–Trinajstić information content (AvgIpc) is 3.02. The Labute approximate surface area is 218 Å². The zero-order valence-electron chi connectivity index (χ0n) is 17.6. The predicted molar refractivity (Wildman–Crippen MR) is 141 cm³/mol. The van der Waals surface area contributed by atoms with Crippen molar-refractivity contribution in [3.63, 3.8) is 0 Å². The maximum Gasteiger partial charge on any atom is 0.329 e. The van der Waals surface area contributed by atoms with Gasteiger partial charge in [0.1, 0.15) is 23.9 Å². The van der Waals surface area contributed by atoms with Crippen LogP contribution < -0.4 is 10.1 Å². The van der Waals surface area contributed by atoms with Gasteiger partial charge in [0.2, 0.25) is 0 Å².